The minimum Gasteiger partial charge on any atom is -0.387 e. The molecule has 0 amide bonds. The molecule has 1 aromatic rings. The fourth-order valence-corrected chi connectivity index (χ4v) is 2.00. The van der Waals surface area contributed by atoms with Crippen molar-refractivity contribution in [2.24, 2.45) is 0 Å². The van der Waals surface area contributed by atoms with Crippen molar-refractivity contribution in [3.8, 4) is 0 Å². The molecule has 2 nitrogen and oxygen atoms in total. The summed E-state index contributed by atoms with van der Waals surface area (Å²) in [6.07, 6.45) is 1.94. The van der Waals surface area contributed by atoms with Gasteiger partial charge in [0.25, 0.3) is 0 Å². The molecule has 82 valence electrons. The molecule has 1 heterocycles. The van der Waals surface area contributed by atoms with E-state index in [2.05, 4.69) is 4.90 Å². The molecule has 0 saturated carbocycles. The highest BCUT2D eigenvalue weighted by Gasteiger charge is 2.16. The fraction of sp³-hybridized carbons (Fsp3) is 0.500. The van der Waals surface area contributed by atoms with E-state index < -0.39 is 6.10 Å². The normalized spacial score (nSPS) is 19.3. The Hall–Kier alpha value is -0.930. The van der Waals surface area contributed by atoms with Gasteiger partial charge in [0, 0.05) is 6.54 Å². The third-order valence-electron chi connectivity index (χ3n) is 2.88. The molecule has 3 heteroatoms. The lowest BCUT2D eigenvalue weighted by Crippen LogP contribution is -2.25. The lowest BCUT2D eigenvalue weighted by Gasteiger charge is -2.19. The Morgan fingerprint density at radius 2 is 1.80 bits per heavy atom. The number of nitrogens with zero attached hydrogens (tertiary/aromatic N) is 1. The predicted molar refractivity (Wildman–Crippen MR) is 57.0 cm³/mol. The molecule has 0 aromatic heterocycles. The summed E-state index contributed by atoms with van der Waals surface area (Å²) in [5.41, 5.74) is 0.795. The van der Waals surface area contributed by atoms with Crippen LogP contribution in [0.1, 0.15) is 24.5 Å². The fourth-order valence-electron chi connectivity index (χ4n) is 2.00. The molecule has 0 aliphatic carbocycles. The Morgan fingerprint density at radius 3 is 2.40 bits per heavy atom. The van der Waals surface area contributed by atoms with Crippen LogP contribution in [0.2, 0.25) is 0 Å². The Morgan fingerprint density at radius 1 is 1.20 bits per heavy atom. The summed E-state index contributed by atoms with van der Waals surface area (Å²) in [7, 11) is 0. The Balaban J connectivity index is 1.94. The minimum atomic E-state index is -0.497. The number of benzene rings is 1. The van der Waals surface area contributed by atoms with Crippen LogP contribution in [0.15, 0.2) is 24.3 Å². The van der Waals surface area contributed by atoms with Gasteiger partial charge in [-0.15, -0.1) is 0 Å². The number of aliphatic hydroxyl groups is 1. The van der Waals surface area contributed by atoms with Gasteiger partial charge in [-0.25, -0.2) is 4.39 Å². The summed E-state index contributed by atoms with van der Waals surface area (Å²) >= 11 is 0. The molecular weight excluding hydrogens is 193 g/mol. The van der Waals surface area contributed by atoms with Crippen molar-refractivity contribution in [2.45, 2.75) is 18.9 Å². The molecular formula is C12H16FNO. The SMILES string of the molecule is OC(CN1CCCC1)c1ccc(F)cc1. The molecule has 1 N–H and O–H groups in total. The standard InChI is InChI=1S/C12H16FNO/c13-11-5-3-10(4-6-11)12(15)9-14-7-1-2-8-14/h3-6,12,15H,1-2,7-9H2. The summed E-state index contributed by atoms with van der Waals surface area (Å²) < 4.78 is 12.7. The Labute approximate surface area is 89.3 Å². The number of hydrogen-bond acceptors (Lipinski definition) is 2. The maximum Gasteiger partial charge on any atom is 0.123 e. The van der Waals surface area contributed by atoms with Crippen molar-refractivity contribution in [1.82, 2.24) is 4.90 Å². The van der Waals surface area contributed by atoms with Crippen LogP contribution in [0.3, 0.4) is 0 Å². The van der Waals surface area contributed by atoms with Crippen LogP contribution in [-0.2, 0) is 0 Å². The molecule has 2 rings (SSSR count). The van der Waals surface area contributed by atoms with Gasteiger partial charge in [0.2, 0.25) is 0 Å². The van der Waals surface area contributed by atoms with Crippen molar-refractivity contribution < 1.29 is 9.50 Å². The number of β-amino-alcohol motifs (C(OH)–C–C–N with tert-alkyl or cyclic N) is 1. The van der Waals surface area contributed by atoms with E-state index in [0.29, 0.717) is 6.54 Å². The molecule has 1 aliphatic rings. The van der Waals surface area contributed by atoms with E-state index in [9.17, 15) is 9.50 Å². The van der Waals surface area contributed by atoms with Crippen molar-refractivity contribution >= 4 is 0 Å². The second-order valence-electron chi connectivity index (χ2n) is 4.08. The highest BCUT2D eigenvalue weighted by molar-refractivity contribution is 5.18. The highest BCUT2D eigenvalue weighted by Crippen LogP contribution is 2.17. The van der Waals surface area contributed by atoms with E-state index in [1.165, 1.54) is 25.0 Å². The Bertz CT molecular complexity index is 306. The van der Waals surface area contributed by atoms with Gasteiger partial charge in [-0.2, -0.15) is 0 Å². The average Bonchev–Trinajstić information content (AvgIpc) is 2.71. The van der Waals surface area contributed by atoms with Gasteiger partial charge in [0.1, 0.15) is 5.82 Å². The third kappa shape index (κ3) is 2.76. The van der Waals surface area contributed by atoms with Crippen molar-refractivity contribution in [3.63, 3.8) is 0 Å². The molecule has 1 atom stereocenters. The second kappa shape index (κ2) is 4.73. The number of hydrogen-bond donors (Lipinski definition) is 1. The first kappa shape index (κ1) is 10.6. The smallest absolute Gasteiger partial charge is 0.123 e. The van der Waals surface area contributed by atoms with Crippen LogP contribution in [-0.4, -0.2) is 29.6 Å². The largest absolute Gasteiger partial charge is 0.387 e. The monoisotopic (exact) mass is 209 g/mol. The summed E-state index contributed by atoms with van der Waals surface area (Å²) in [5.74, 6) is -0.257. The van der Waals surface area contributed by atoms with Crippen LogP contribution in [0.25, 0.3) is 0 Å². The molecule has 1 aromatic carbocycles. The zero-order valence-electron chi connectivity index (χ0n) is 8.69. The predicted octanol–water partition coefficient (Wildman–Crippen LogP) is 1.95. The molecule has 1 aliphatic heterocycles. The van der Waals surface area contributed by atoms with Crippen LogP contribution in [0.4, 0.5) is 4.39 Å². The van der Waals surface area contributed by atoms with Gasteiger partial charge in [-0.3, -0.25) is 0 Å². The third-order valence-corrected chi connectivity index (χ3v) is 2.88. The van der Waals surface area contributed by atoms with E-state index in [-0.39, 0.29) is 5.82 Å². The van der Waals surface area contributed by atoms with Crippen LogP contribution in [0, 0.1) is 5.82 Å². The lowest BCUT2D eigenvalue weighted by atomic mass is 10.1. The molecule has 1 fully saturated rings. The van der Waals surface area contributed by atoms with Crippen molar-refractivity contribution in [3.05, 3.63) is 35.6 Å². The van der Waals surface area contributed by atoms with Gasteiger partial charge in [-0.05, 0) is 43.6 Å². The molecule has 15 heavy (non-hydrogen) atoms. The first-order chi connectivity index (χ1) is 7.25. The van der Waals surface area contributed by atoms with Crippen LogP contribution in [0.5, 0.6) is 0 Å². The van der Waals surface area contributed by atoms with E-state index in [1.807, 2.05) is 0 Å². The maximum absolute atomic E-state index is 12.7. The van der Waals surface area contributed by atoms with E-state index >= 15 is 0 Å². The van der Waals surface area contributed by atoms with Gasteiger partial charge in [-0.1, -0.05) is 12.1 Å². The number of rotatable bonds is 3. The van der Waals surface area contributed by atoms with E-state index in [0.717, 1.165) is 18.7 Å². The molecule has 1 unspecified atom stereocenters. The van der Waals surface area contributed by atoms with Crippen molar-refractivity contribution in [1.29, 1.82) is 0 Å². The molecule has 0 bridgehead atoms. The molecule has 0 spiro atoms. The van der Waals surface area contributed by atoms with Crippen molar-refractivity contribution in [2.75, 3.05) is 19.6 Å². The second-order valence-corrected chi connectivity index (χ2v) is 4.08. The van der Waals surface area contributed by atoms with Gasteiger partial charge in [0.05, 0.1) is 6.10 Å². The van der Waals surface area contributed by atoms with E-state index in [4.69, 9.17) is 0 Å². The average molecular weight is 209 g/mol. The maximum atomic E-state index is 12.7. The zero-order chi connectivity index (χ0) is 10.7. The number of halogens is 1. The molecule has 0 radical (unpaired) electrons. The minimum absolute atomic E-state index is 0.257. The number of aliphatic hydroxyl groups excluding tert-OH is 1. The quantitative estimate of drug-likeness (QED) is 0.822. The summed E-state index contributed by atoms with van der Waals surface area (Å²) in [5, 5.41) is 9.91. The van der Waals surface area contributed by atoms with E-state index in [1.54, 1.807) is 12.1 Å². The lowest BCUT2D eigenvalue weighted by molar-refractivity contribution is 0.126. The first-order valence-corrected chi connectivity index (χ1v) is 5.41. The van der Waals surface area contributed by atoms with Crippen LogP contribution >= 0.6 is 0 Å². The van der Waals surface area contributed by atoms with Gasteiger partial charge in [0.15, 0.2) is 0 Å². The summed E-state index contributed by atoms with van der Waals surface area (Å²) in [6, 6.07) is 6.08. The summed E-state index contributed by atoms with van der Waals surface area (Å²) in [6.45, 7) is 2.79. The molecule has 1 saturated heterocycles. The van der Waals surface area contributed by atoms with Crippen LogP contribution < -0.4 is 0 Å². The first-order valence-electron chi connectivity index (χ1n) is 5.41. The summed E-state index contributed by atoms with van der Waals surface area (Å²) in [4.78, 5) is 2.24. The number of likely N-dealkylation sites (tertiary alicyclic amines) is 1. The van der Waals surface area contributed by atoms with Gasteiger partial charge < -0.3 is 10.0 Å². The topological polar surface area (TPSA) is 23.5 Å². The van der Waals surface area contributed by atoms with Gasteiger partial charge >= 0.3 is 0 Å². The zero-order valence-corrected chi connectivity index (χ0v) is 8.69. The Kier molecular flexibility index (Phi) is 3.34. The highest BCUT2D eigenvalue weighted by atomic mass is 19.1.